The number of piperidine rings is 1. The third-order valence-corrected chi connectivity index (χ3v) is 10.3. The number of nitrogens with two attached hydrogens (primary N) is 1. The van der Waals surface area contributed by atoms with Crippen LogP contribution in [0.1, 0.15) is 68.2 Å². The standard InChI is InChI=1S/C37H43ClN2/c1-3-36(39,4-2)35(30-16-8-5-9-17-30)24-27-40(28-25-35)29-26-37(31-18-10-6-11-19-31,32-20-12-7-13-21-32)33-22-14-15-23-34(33)38/h5-23H,3-4,24-29,39H2,1-2H3. The van der Waals surface area contributed by atoms with Crippen LogP contribution in [0.4, 0.5) is 0 Å². The van der Waals surface area contributed by atoms with Crippen molar-refractivity contribution in [3.63, 3.8) is 0 Å². The first-order valence-corrected chi connectivity index (χ1v) is 15.3. The van der Waals surface area contributed by atoms with E-state index in [1.54, 1.807) is 0 Å². The van der Waals surface area contributed by atoms with Gasteiger partial charge in [0, 0.05) is 21.4 Å². The number of benzene rings is 4. The molecule has 0 spiro atoms. The summed E-state index contributed by atoms with van der Waals surface area (Å²) in [6.45, 7) is 7.58. The molecule has 0 aliphatic carbocycles. The van der Waals surface area contributed by atoms with Gasteiger partial charge in [-0.2, -0.15) is 0 Å². The first-order chi connectivity index (χ1) is 19.5. The SMILES string of the molecule is CCC(N)(CC)C1(c2ccccc2)CCN(CCC(c2ccccc2)(c2ccccc2)c2ccccc2Cl)CC1. The molecule has 0 amide bonds. The fraction of sp³-hybridized carbons (Fsp3) is 0.351. The van der Waals surface area contributed by atoms with Gasteiger partial charge in [0.25, 0.3) is 0 Å². The van der Waals surface area contributed by atoms with Crippen LogP contribution in [0.2, 0.25) is 5.02 Å². The Morgan fingerprint density at radius 2 is 1.18 bits per heavy atom. The van der Waals surface area contributed by atoms with Crippen molar-refractivity contribution in [3.8, 4) is 0 Å². The number of rotatable bonds is 10. The molecule has 0 radical (unpaired) electrons. The lowest BCUT2D eigenvalue weighted by Gasteiger charge is -2.53. The monoisotopic (exact) mass is 550 g/mol. The highest BCUT2D eigenvalue weighted by Crippen LogP contribution is 2.48. The molecule has 2 N–H and O–H groups in total. The predicted octanol–water partition coefficient (Wildman–Crippen LogP) is 8.62. The smallest absolute Gasteiger partial charge is 0.0478 e. The Hall–Kier alpha value is -2.91. The minimum absolute atomic E-state index is 0.00700. The summed E-state index contributed by atoms with van der Waals surface area (Å²) in [5, 5.41) is 0.816. The molecule has 208 valence electrons. The number of likely N-dealkylation sites (tertiary alicyclic amines) is 1. The molecule has 1 fully saturated rings. The Labute approximate surface area is 246 Å². The van der Waals surface area contributed by atoms with Gasteiger partial charge in [-0.05, 0) is 80.1 Å². The maximum atomic E-state index is 7.24. The second kappa shape index (κ2) is 12.3. The molecule has 3 heteroatoms. The zero-order chi connectivity index (χ0) is 28.1. The molecular weight excluding hydrogens is 508 g/mol. The molecule has 1 saturated heterocycles. The molecule has 40 heavy (non-hydrogen) atoms. The summed E-state index contributed by atoms with van der Waals surface area (Å²) >= 11 is 6.99. The molecule has 4 aromatic rings. The van der Waals surface area contributed by atoms with E-state index in [0.717, 1.165) is 56.8 Å². The highest BCUT2D eigenvalue weighted by Gasteiger charge is 2.49. The van der Waals surface area contributed by atoms with Gasteiger partial charge in [0.05, 0.1) is 0 Å². The van der Waals surface area contributed by atoms with Crippen LogP contribution >= 0.6 is 11.6 Å². The summed E-state index contributed by atoms with van der Waals surface area (Å²) in [6.07, 6.45) is 5.06. The molecule has 0 saturated carbocycles. The van der Waals surface area contributed by atoms with Gasteiger partial charge in [0.15, 0.2) is 0 Å². The lowest BCUT2D eigenvalue weighted by atomic mass is 9.58. The zero-order valence-corrected chi connectivity index (χ0v) is 24.8. The molecule has 0 unspecified atom stereocenters. The average Bonchev–Trinajstić information content (AvgIpc) is 3.03. The highest BCUT2D eigenvalue weighted by atomic mass is 35.5. The Kier molecular flexibility index (Phi) is 8.80. The van der Waals surface area contributed by atoms with Crippen molar-refractivity contribution < 1.29 is 0 Å². The van der Waals surface area contributed by atoms with E-state index < -0.39 is 0 Å². The van der Waals surface area contributed by atoms with E-state index in [0.29, 0.717) is 0 Å². The first-order valence-electron chi connectivity index (χ1n) is 14.9. The summed E-state index contributed by atoms with van der Waals surface area (Å²) < 4.78 is 0. The zero-order valence-electron chi connectivity index (χ0n) is 24.0. The van der Waals surface area contributed by atoms with Crippen LogP contribution in [-0.2, 0) is 10.8 Å². The number of hydrogen-bond donors (Lipinski definition) is 1. The van der Waals surface area contributed by atoms with Gasteiger partial charge in [-0.25, -0.2) is 0 Å². The van der Waals surface area contributed by atoms with E-state index in [9.17, 15) is 0 Å². The fourth-order valence-corrected chi connectivity index (χ4v) is 7.69. The summed E-state index contributed by atoms with van der Waals surface area (Å²) in [5.74, 6) is 0. The van der Waals surface area contributed by atoms with Crippen molar-refractivity contribution in [2.45, 2.75) is 62.3 Å². The molecule has 0 atom stereocenters. The molecule has 1 aliphatic heterocycles. The third-order valence-electron chi connectivity index (χ3n) is 9.92. The summed E-state index contributed by atoms with van der Waals surface area (Å²) in [5.41, 5.74) is 11.8. The molecule has 5 rings (SSSR count). The van der Waals surface area contributed by atoms with E-state index in [4.69, 9.17) is 17.3 Å². The average molecular weight is 551 g/mol. The van der Waals surface area contributed by atoms with Gasteiger partial charge < -0.3 is 10.6 Å². The van der Waals surface area contributed by atoms with Gasteiger partial charge in [-0.3, -0.25) is 0 Å². The normalized spacial score (nSPS) is 16.1. The van der Waals surface area contributed by atoms with Crippen molar-refractivity contribution in [3.05, 3.63) is 143 Å². The van der Waals surface area contributed by atoms with Crippen molar-refractivity contribution in [2.24, 2.45) is 5.73 Å². The third kappa shape index (κ3) is 5.14. The summed E-state index contributed by atoms with van der Waals surface area (Å²) in [4.78, 5) is 2.66. The molecule has 1 heterocycles. The minimum atomic E-state index is -0.348. The summed E-state index contributed by atoms with van der Waals surface area (Å²) in [7, 11) is 0. The number of nitrogens with zero attached hydrogens (tertiary/aromatic N) is 1. The maximum absolute atomic E-state index is 7.24. The number of halogens is 1. The van der Waals surface area contributed by atoms with Crippen molar-refractivity contribution in [1.82, 2.24) is 4.90 Å². The fourth-order valence-electron chi connectivity index (χ4n) is 7.40. The number of hydrogen-bond acceptors (Lipinski definition) is 2. The van der Waals surface area contributed by atoms with Gasteiger partial charge in [-0.15, -0.1) is 0 Å². The van der Waals surface area contributed by atoms with Crippen LogP contribution in [0.25, 0.3) is 0 Å². The summed E-state index contributed by atoms with van der Waals surface area (Å²) in [6, 6.07) is 41.3. The Bertz CT molecular complexity index is 1300. The van der Waals surface area contributed by atoms with Crippen molar-refractivity contribution in [2.75, 3.05) is 19.6 Å². The lowest BCUT2D eigenvalue weighted by Crippen LogP contribution is -2.61. The van der Waals surface area contributed by atoms with E-state index in [-0.39, 0.29) is 16.4 Å². The van der Waals surface area contributed by atoms with Crippen LogP contribution in [0.5, 0.6) is 0 Å². The topological polar surface area (TPSA) is 29.3 Å². The van der Waals surface area contributed by atoms with Crippen LogP contribution in [0.15, 0.2) is 115 Å². The Balaban J connectivity index is 1.49. The van der Waals surface area contributed by atoms with Crippen molar-refractivity contribution >= 4 is 11.6 Å². The van der Waals surface area contributed by atoms with Gasteiger partial charge >= 0.3 is 0 Å². The quantitative estimate of drug-likeness (QED) is 0.200. The molecule has 1 aliphatic rings. The van der Waals surface area contributed by atoms with Gasteiger partial charge in [0.1, 0.15) is 0 Å². The maximum Gasteiger partial charge on any atom is 0.0478 e. The lowest BCUT2D eigenvalue weighted by molar-refractivity contribution is 0.0846. The molecule has 4 aromatic carbocycles. The van der Waals surface area contributed by atoms with Crippen LogP contribution in [0.3, 0.4) is 0 Å². The molecule has 0 bridgehead atoms. The molecular formula is C37H43ClN2. The largest absolute Gasteiger partial charge is 0.324 e. The van der Waals surface area contributed by atoms with E-state index in [2.05, 4.69) is 122 Å². The minimum Gasteiger partial charge on any atom is -0.324 e. The van der Waals surface area contributed by atoms with Gasteiger partial charge in [0.2, 0.25) is 0 Å². The van der Waals surface area contributed by atoms with Gasteiger partial charge in [-0.1, -0.05) is 135 Å². The van der Waals surface area contributed by atoms with E-state index >= 15 is 0 Å². The van der Waals surface area contributed by atoms with Crippen molar-refractivity contribution in [1.29, 1.82) is 0 Å². The predicted molar refractivity (Wildman–Crippen MR) is 170 cm³/mol. The molecule has 2 nitrogen and oxygen atoms in total. The first kappa shape index (κ1) is 28.6. The Morgan fingerprint density at radius 1 is 0.700 bits per heavy atom. The van der Waals surface area contributed by atoms with E-state index in [1.807, 2.05) is 12.1 Å². The van der Waals surface area contributed by atoms with Crippen LogP contribution in [0, 0.1) is 0 Å². The second-order valence-corrected chi connectivity index (χ2v) is 11.9. The van der Waals surface area contributed by atoms with E-state index in [1.165, 1.54) is 22.3 Å². The Morgan fingerprint density at radius 3 is 1.68 bits per heavy atom. The molecule has 0 aromatic heterocycles. The van der Waals surface area contributed by atoms with Crippen LogP contribution in [-0.4, -0.2) is 30.1 Å². The second-order valence-electron chi connectivity index (χ2n) is 11.5. The van der Waals surface area contributed by atoms with Crippen LogP contribution < -0.4 is 5.73 Å². The highest BCUT2D eigenvalue weighted by molar-refractivity contribution is 6.31.